The number of hydrogen-bond donors (Lipinski definition) is 0. The molecule has 120 heavy (non-hydrogen) atoms. The zero-order chi connectivity index (χ0) is 85.1. The summed E-state index contributed by atoms with van der Waals surface area (Å²) in [5.41, 5.74) is 19.1. The van der Waals surface area contributed by atoms with Crippen LogP contribution in [0.25, 0.3) is 0 Å². The number of fused-ring (bicyclic) bond motifs is 4. The highest BCUT2D eigenvalue weighted by atomic mass is 14.2. The standard InChI is InChI=1S/C120H176/c1-9-17-25-33-41-49-57-65-81-105-97-113-89-73-74-91-115-99-107(83-67-59-51-43-35-27-19-11-3)109(85-69-61-53-45-37-29-21-13-5)101-117(115)93-77-78-95-119-103-111(87-71-63-55-47-39-31-23-15-7)112(88-72-64-56-48-40-32-24-16-8)104-120(119)96-80-79-94-118-102-110(86-70-62-54-46-38-30-22-14-6)108(84-68-60-52-44-36-28-20-12-4)100-116(118)92-76-75-90-114(113)98-106(105)82-66-58-50-42-34-26-18-10-2/h97-104H,9-72,81-88H2,1-8H3. The molecule has 4 aromatic rings. The van der Waals surface area contributed by atoms with Gasteiger partial charge >= 0.3 is 0 Å². The van der Waals surface area contributed by atoms with E-state index < -0.39 is 0 Å². The Kier molecular flexibility index (Phi) is 63.9. The van der Waals surface area contributed by atoms with Crippen molar-refractivity contribution in [2.45, 2.75) is 518 Å². The van der Waals surface area contributed by atoms with Crippen LogP contribution in [0.15, 0.2) is 48.5 Å². The van der Waals surface area contributed by atoms with Gasteiger partial charge in [-0.15, -0.1) is 0 Å². The van der Waals surface area contributed by atoms with E-state index >= 15 is 0 Å². The smallest absolute Gasteiger partial charge is 0.0415 e. The molecule has 0 bridgehead atoms. The summed E-state index contributed by atoms with van der Waals surface area (Å²) in [4.78, 5) is 0. The Hall–Kier alpha value is -6.64. The molecule has 656 valence electrons. The van der Waals surface area contributed by atoms with E-state index in [1.165, 1.54) is 455 Å². The van der Waals surface area contributed by atoms with Gasteiger partial charge in [-0.1, -0.05) is 462 Å². The highest BCUT2D eigenvalue weighted by molar-refractivity contribution is 5.63. The van der Waals surface area contributed by atoms with Gasteiger partial charge in [0.25, 0.3) is 0 Å². The Labute approximate surface area is 745 Å². The second kappa shape index (κ2) is 73.8. The lowest BCUT2D eigenvalue weighted by molar-refractivity contribution is 0.570. The highest BCUT2D eigenvalue weighted by Gasteiger charge is 2.15. The van der Waals surface area contributed by atoms with E-state index in [1.807, 2.05) is 0 Å². The molecule has 0 nitrogen and oxygen atoms in total. The minimum atomic E-state index is 0.957. The highest BCUT2D eigenvalue weighted by Crippen LogP contribution is 2.29. The lowest BCUT2D eigenvalue weighted by Gasteiger charge is -2.13. The van der Waals surface area contributed by atoms with E-state index in [9.17, 15) is 0 Å². The third kappa shape index (κ3) is 49.6. The molecule has 0 saturated carbocycles. The fourth-order valence-corrected chi connectivity index (χ4v) is 17.8. The molecule has 0 radical (unpaired) electrons. The molecule has 0 saturated heterocycles. The Morgan fingerprint density at radius 1 is 0.117 bits per heavy atom. The maximum Gasteiger partial charge on any atom is 0.0415 e. The Morgan fingerprint density at radius 2 is 0.200 bits per heavy atom. The third-order valence-corrected chi connectivity index (χ3v) is 25.6. The van der Waals surface area contributed by atoms with Crippen molar-refractivity contribution in [3.05, 3.63) is 138 Å². The monoisotopic (exact) mass is 1620 g/mol. The summed E-state index contributed by atoms with van der Waals surface area (Å²) in [5.74, 6) is 57.6. The molecular weight excluding hydrogens is 1440 g/mol. The predicted octanol–water partition coefficient (Wildman–Crippen LogP) is 35.1. The third-order valence-electron chi connectivity index (χ3n) is 25.6. The molecule has 4 aromatic carbocycles. The van der Waals surface area contributed by atoms with E-state index in [0.717, 1.165) is 95.9 Å². The molecular formula is C120H176. The summed E-state index contributed by atoms with van der Waals surface area (Å²) in [6.45, 7) is 18.6. The van der Waals surface area contributed by atoms with Crippen LogP contribution in [-0.4, -0.2) is 0 Å². The van der Waals surface area contributed by atoms with E-state index in [0.29, 0.717) is 0 Å². The first-order valence-electron chi connectivity index (χ1n) is 52.1. The number of benzene rings is 4. The van der Waals surface area contributed by atoms with Crippen LogP contribution in [0, 0.1) is 94.7 Å². The summed E-state index contributed by atoms with van der Waals surface area (Å²) < 4.78 is 0. The maximum absolute atomic E-state index is 3.70. The van der Waals surface area contributed by atoms with Crippen molar-refractivity contribution >= 4 is 0 Å². The first-order valence-corrected chi connectivity index (χ1v) is 52.1. The SMILES string of the molecule is CCCCCCCCCCc1cc2c(cc1CCCCCCCCCC)C#CC#Cc1cc(CCCCCCCCCC)c(CCCCCCCCCC)cc1C#CC#Cc1cc(CCCCCCCCCC)c(CCCCCCCCCC)cc1C#CC#Cc1cc(CCCCCCCCCC)c(CCCCCCCCCC)cc1C#CC#C2. The van der Waals surface area contributed by atoms with Crippen LogP contribution < -0.4 is 0 Å². The lowest BCUT2D eigenvalue weighted by atomic mass is 9.91. The average molecular weight is 1620 g/mol. The van der Waals surface area contributed by atoms with Crippen LogP contribution >= 0.6 is 0 Å². The Balaban J connectivity index is 1.82. The molecule has 0 aromatic heterocycles. The number of hydrogen-bond acceptors (Lipinski definition) is 0. The fraction of sp³-hybridized carbons (Fsp3) is 0.667. The maximum atomic E-state index is 3.70. The minimum absolute atomic E-state index is 0.957. The number of rotatable bonds is 72. The van der Waals surface area contributed by atoms with Gasteiger partial charge < -0.3 is 0 Å². The second-order valence-corrected chi connectivity index (χ2v) is 36.5. The normalized spacial score (nSPS) is 11.4. The van der Waals surface area contributed by atoms with Crippen LogP contribution in [0.3, 0.4) is 0 Å². The topological polar surface area (TPSA) is 0 Å². The van der Waals surface area contributed by atoms with Gasteiger partial charge in [0, 0.05) is 44.5 Å². The second-order valence-electron chi connectivity index (χ2n) is 36.5. The fourth-order valence-electron chi connectivity index (χ4n) is 17.8. The number of unbranched alkanes of at least 4 members (excludes halogenated alkanes) is 56. The summed E-state index contributed by atoms with van der Waals surface area (Å²) >= 11 is 0. The van der Waals surface area contributed by atoms with Crippen molar-refractivity contribution < 1.29 is 0 Å². The minimum Gasteiger partial charge on any atom is -0.0654 e. The summed E-state index contributed by atoms with van der Waals surface area (Å²) in [6, 6.07) is 19.3. The van der Waals surface area contributed by atoms with Gasteiger partial charge in [-0.3, -0.25) is 0 Å². The first kappa shape index (κ1) is 104. The molecule has 0 fully saturated rings. The van der Waals surface area contributed by atoms with E-state index in [-0.39, 0.29) is 0 Å². The number of aryl methyl sites for hydroxylation is 8. The zero-order valence-corrected chi connectivity index (χ0v) is 79.5. The zero-order valence-electron chi connectivity index (χ0n) is 79.5. The Bertz CT molecular complexity index is 3120. The van der Waals surface area contributed by atoms with Crippen molar-refractivity contribution in [2.75, 3.05) is 0 Å². The van der Waals surface area contributed by atoms with Crippen LogP contribution in [0.5, 0.6) is 0 Å². The predicted molar refractivity (Wildman–Crippen MR) is 531 cm³/mol. The molecule has 1 aliphatic rings. The van der Waals surface area contributed by atoms with Crippen LogP contribution in [0.1, 0.15) is 555 Å². The van der Waals surface area contributed by atoms with Crippen LogP contribution in [0.2, 0.25) is 0 Å². The van der Waals surface area contributed by atoms with Crippen molar-refractivity contribution in [1.29, 1.82) is 0 Å². The largest absolute Gasteiger partial charge is 0.0654 e. The van der Waals surface area contributed by atoms with Gasteiger partial charge in [0.2, 0.25) is 0 Å². The van der Waals surface area contributed by atoms with Crippen molar-refractivity contribution in [3.8, 4) is 94.7 Å². The molecule has 1 aliphatic carbocycles. The summed E-state index contributed by atoms with van der Waals surface area (Å²) in [5, 5.41) is 0. The van der Waals surface area contributed by atoms with E-state index in [2.05, 4.69) is 199 Å². The van der Waals surface area contributed by atoms with E-state index in [1.54, 1.807) is 0 Å². The van der Waals surface area contributed by atoms with Gasteiger partial charge in [-0.05, 0) is 243 Å². The molecule has 0 heteroatoms. The van der Waals surface area contributed by atoms with Crippen molar-refractivity contribution in [3.63, 3.8) is 0 Å². The first-order chi connectivity index (χ1) is 59.4. The van der Waals surface area contributed by atoms with Crippen LogP contribution in [0.4, 0.5) is 0 Å². The summed E-state index contributed by atoms with van der Waals surface area (Å²) in [7, 11) is 0. The van der Waals surface area contributed by atoms with Gasteiger partial charge in [0.15, 0.2) is 0 Å². The van der Waals surface area contributed by atoms with Gasteiger partial charge in [0.1, 0.15) is 0 Å². The molecule has 0 N–H and O–H groups in total. The van der Waals surface area contributed by atoms with Gasteiger partial charge in [-0.25, -0.2) is 0 Å². The lowest BCUT2D eigenvalue weighted by Crippen LogP contribution is -2.00. The van der Waals surface area contributed by atoms with Crippen LogP contribution in [-0.2, 0) is 51.4 Å². The summed E-state index contributed by atoms with van der Waals surface area (Å²) in [6.07, 6.45) is 92.0. The molecule has 0 unspecified atom stereocenters. The molecule has 0 aliphatic heterocycles. The molecule has 0 heterocycles. The van der Waals surface area contributed by atoms with Gasteiger partial charge in [0.05, 0.1) is 0 Å². The molecule has 5 rings (SSSR count). The average Bonchev–Trinajstić information content (AvgIpc) is 0.824. The molecule has 0 spiro atoms. The molecule has 0 atom stereocenters. The quantitative estimate of drug-likeness (QED) is 0.0305. The van der Waals surface area contributed by atoms with Gasteiger partial charge in [-0.2, -0.15) is 0 Å². The molecule has 0 amide bonds. The van der Waals surface area contributed by atoms with Crippen molar-refractivity contribution in [1.82, 2.24) is 0 Å². The van der Waals surface area contributed by atoms with Crippen molar-refractivity contribution in [2.24, 2.45) is 0 Å². The Morgan fingerprint density at radius 3 is 0.292 bits per heavy atom. The van der Waals surface area contributed by atoms with E-state index in [4.69, 9.17) is 0 Å².